The summed E-state index contributed by atoms with van der Waals surface area (Å²) in [5, 5.41) is 7.36. The van der Waals surface area contributed by atoms with Crippen molar-refractivity contribution in [1.29, 1.82) is 0 Å². The molecule has 0 atom stereocenters. The third-order valence-electron chi connectivity index (χ3n) is 4.06. The maximum atomic E-state index is 12.5. The lowest BCUT2D eigenvalue weighted by molar-refractivity contribution is -0.120. The zero-order valence-corrected chi connectivity index (χ0v) is 17.4. The number of anilines is 1. The van der Waals surface area contributed by atoms with Gasteiger partial charge in [-0.25, -0.2) is 9.97 Å². The quantitative estimate of drug-likeness (QED) is 0.400. The molecule has 0 saturated heterocycles. The Morgan fingerprint density at radius 3 is 2.59 bits per heavy atom. The number of aryl methyl sites for hydroxylation is 1. The molecule has 3 rings (SSSR count). The van der Waals surface area contributed by atoms with E-state index in [1.165, 1.54) is 23.7 Å². The molecule has 29 heavy (non-hydrogen) atoms. The molecule has 0 aliphatic heterocycles. The second-order valence-electron chi connectivity index (χ2n) is 6.28. The number of hydrogen-bond acceptors (Lipinski definition) is 7. The van der Waals surface area contributed by atoms with Crippen molar-refractivity contribution in [3.63, 3.8) is 0 Å². The fourth-order valence-corrected chi connectivity index (χ4v) is 3.48. The number of ketones is 1. The number of carbonyl (C=O) groups excluding carboxylic acids is 2. The van der Waals surface area contributed by atoms with Gasteiger partial charge in [0.25, 0.3) is 0 Å². The van der Waals surface area contributed by atoms with E-state index in [2.05, 4.69) is 25.6 Å². The molecule has 0 bridgehead atoms. The van der Waals surface area contributed by atoms with Crippen LogP contribution in [0.1, 0.15) is 33.0 Å². The van der Waals surface area contributed by atoms with Gasteiger partial charge in [0.05, 0.1) is 23.2 Å². The van der Waals surface area contributed by atoms with Crippen LogP contribution < -0.4 is 10.6 Å². The summed E-state index contributed by atoms with van der Waals surface area (Å²) < 4.78 is 0. The van der Waals surface area contributed by atoms with Crippen molar-refractivity contribution in [3.05, 3.63) is 69.7 Å². The van der Waals surface area contributed by atoms with E-state index in [1.54, 1.807) is 25.3 Å². The third kappa shape index (κ3) is 6.07. The number of thiazole rings is 1. The number of rotatable bonds is 9. The van der Waals surface area contributed by atoms with E-state index in [4.69, 9.17) is 11.6 Å². The van der Waals surface area contributed by atoms with Gasteiger partial charge in [-0.15, -0.1) is 0 Å². The molecule has 3 aromatic rings. The Morgan fingerprint density at radius 2 is 1.83 bits per heavy atom. The minimum atomic E-state index is -0.185. The normalized spacial score (nSPS) is 10.6. The predicted octanol–water partition coefficient (Wildman–Crippen LogP) is 3.29. The minimum absolute atomic E-state index is 0.0335. The zero-order valence-electron chi connectivity index (χ0n) is 15.8. The number of hydrogen-bond donors (Lipinski definition) is 2. The molecule has 2 aromatic heterocycles. The minimum Gasteiger partial charge on any atom is -0.361 e. The van der Waals surface area contributed by atoms with E-state index in [1.807, 2.05) is 12.1 Å². The van der Waals surface area contributed by atoms with Crippen molar-refractivity contribution in [2.45, 2.75) is 19.8 Å². The summed E-state index contributed by atoms with van der Waals surface area (Å²) >= 11 is 7.11. The van der Waals surface area contributed by atoms with Gasteiger partial charge >= 0.3 is 0 Å². The largest absolute Gasteiger partial charge is 0.361 e. The van der Waals surface area contributed by atoms with Gasteiger partial charge in [0.2, 0.25) is 11.7 Å². The molecule has 1 amide bonds. The Labute approximate surface area is 177 Å². The fourth-order valence-electron chi connectivity index (χ4n) is 2.57. The van der Waals surface area contributed by atoms with Crippen LogP contribution in [-0.4, -0.2) is 39.7 Å². The van der Waals surface area contributed by atoms with Crippen LogP contribution >= 0.6 is 22.9 Å². The summed E-state index contributed by atoms with van der Waals surface area (Å²) in [6.45, 7) is 2.93. The van der Waals surface area contributed by atoms with Crippen molar-refractivity contribution < 1.29 is 9.59 Å². The van der Waals surface area contributed by atoms with Gasteiger partial charge in [-0.05, 0) is 31.0 Å². The third-order valence-corrected chi connectivity index (χ3v) is 5.26. The predicted molar refractivity (Wildman–Crippen MR) is 114 cm³/mol. The zero-order chi connectivity index (χ0) is 20.6. The first-order valence-electron chi connectivity index (χ1n) is 9.06. The number of nitrogens with one attached hydrogen (secondary N) is 2. The molecule has 1 aromatic carbocycles. The van der Waals surface area contributed by atoms with Crippen molar-refractivity contribution >= 4 is 39.8 Å². The number of aromatic nitrogens is 3. The second-order valence-corrected chi connectivity index (χ2v) is 7.75. The van der Waals surface area contributed by atoms with Gasteiger partial charge in [-0.2, -0.15) is 0 Å². The molecule has 7 nitrogen and oxygen atoms in total. The van der Waals surface area contributed by atoms with Crippen LogP contribution in [0, 0.1) is 6.92 Å². The molecular formula is C20H20ClN5O2S. The van der Waals surface area contributed by atoms with Gasteiger partial charge in [0.1, 0.15) is 5.69 Å². The first kappa shape index (κ1) is 20.9. The maximum Gasteiger partial charge on any atom is 0.224 e. The van der Waals surface area contributed by atoms with Crippen LogP contribution in [0.5, 0.6) is 0 Å². The van der Waals surface area contributed by atoms with Crippen molar-refractivity contribution in [2.24, 2.45) is 0 Å². The van der Waals surface area contributed by atoms with Crippen LogP contribution in [0.25, 0.3) is 0 Å². The van der Waals surface area contributed by atoms with Crippen LogP contribution in [-0.2, 0) is 11.2 Å². The summed E-state index contributed by atoms with van der Waals surface area (Å²) in [5.41, 5.74) is 1.85. The second kappa shape index (κ2) is 10.1. The van der Waals surface area contributed by atoms with Gasteiger partial charge in [-0.1, -0.05) is 35.1 Å². The van der Waals surface area contributed by atoms with E-state index in [-0.39, 0.29) is 11.7 Å². The highest BCUT2D eigenvalue weighted by molar-refractivity contribution is 7.17. The Balaban J connectivity index is 1.39. The molecule has 9 heteroatoms. The molecule has 150 valence electrons. The fraction of sp³-hybridized carbons (Fsp3) is 0.250. The van der Waals surface area contributed by atoms with E-state index in [0.29, 0.717) is 45.9 Å². The number of halogens is 1. The molecule has 0 fully saturated rings. The van der Waals surface area contributed by atoms with E-state index >= 15 is 0 Å². The summed E-state index contributed by atoms with van der Waals surface area (Å²) in [5.74, 6) is -0.218. The molecule has 2 heterocycles. The molecule has 2 N–H and O–H groups in total. The Morgan fingerprint density at radius 1 is 1.07 bits per heavy atom. The molecule has 0 saturated carbocycles. The Kier molecular flexibility index (Phi) is 7.26. The number of benzene rings is 1. The summed E-state index contributed by atoms with van der Waals surface area (Å²) in [4.78, 5) is 37.4. The summed E-state index contributed by atoms with van der Waals surface area (Å²) in [7, 11) is 0. The highest BCUT2D eigenvalue weighted by Gasteiger charge is 2.16. The lowest BCUT2D eigenvalue weighted by atomic mass is 10.1. The van der Waals surface area contributed by atoms with Crippen LogP contribution in [0.2, 0.25) is 5.02 Å². The van der Waals surface area contributed by atoms with Gasteiger partial charge < -0.3 is 10.6 Å². The SMILES string of the molecule is Cc1nccnc1C(=O)c1cnc(NCCCNC(=O)Cc2ccc(Cl)cc2)s1. The average Bonchev–Trinajstić information content (AvgIpc) is 3.18. The van der Waals surface area contributed by atoms with Crippen LogP contribution in [0.4, 0.5) is 5.13 Å². The lowest BCUT2D eigenvalue weighted by Gasteiger charge is -2.06. The monoisotopic (exact) mass is 429 g/mol. The van der Waals surface area contributed by atoms with E-state index in [9.17, 15) is 9.59 Å². The maximum absolute atomic E-state index is 12.5. The average molecular weight is 430 g/mol. The molecule has 0 unspecified atom stereocenters. The van der Waals surface area contributed by atoms with E-state index < -0.39 is 0 Å². The van der Waals surface area contributed by atoms with Gasteiger partial charge in [0.15, 0.2) is 5.13 Å². The molecule has 0 spiro atoms. The summed E-state index contributed by atoms with van der Waals surface area (Å²) in [6, 6.07) is 7.22. The highest BCUT2D eigenvalue weighted by Crippen LogP contribution is 2.21. The van der Waals surface area contributed by atoms with E-state index in [0.717, 1.165) is 12.0 Å². The first-order valence-corrected chi connectivity index (χ1v) is 10.3. The Bertz CT molecular complexity index is 991. The topological polar surface area (TPSA) is 96.9 Å². The lowest BCUT2D eigenvalue weighted by Crippen LogP contribution is -2.27. The molecule has 0 radical (unpaired) electrons. The number of carbonyl (C=O) groups is 2. The Hall–Kier alpha value is -2.84. The van der Waals surface area contributed by atoms with Crippen molar-refractivity contribution in [2.75, 3.05) is 18.4 Å². The first-order chi connectivity index (χ1) is 14.0. The standard InChI is InChI=1S/C20H20ClN5O2S/c1-13-18(24-10-9-22-13)19(28)16-12-26-20(29-16)25-8-2-7-23-17(27)11-14-3-5-15(21)6-4-14/h3-6,9-10,12H,2,7-8,11H2,1H3,(H,23,27)(H,25,26). The van der Waals surface area contributed by atoms with Crippen LogP contribution in [0.3, 0.4) is 0 Å². The number of nitrogens with zero attached hydrogens (tertiary/aromatic N) is 3. The molecular weight excluding hydrogens is 410 g/mol. The van der Waals surface area contributed by atoms with Gasteiger partial charge in [0, 0.05) is 30.5 Å². The highest BCUT2D eigenvalue weighted by atomic mass is 35.5. The smallest absolute Gasteiger partial charge is 0.224 e. The van der Waals surface area contributed by atoms with Crippen molar-refractivity contribution in [1.82, 2.24) is 20.3 Å². The number of amides is 1. The summed E-state index contributed by atoms with van der Waals surface area (Å²) in [6.07, 6.45) is 5.65. The molecule has 0 aliphatic rings. The van der Waals surface area contributed by atoms with Crippen LogP contribution in [0.15, 0.2) is 42.9 Å². The van der Waals surface area contributed by atoms with Gasteiger partial charge in [-0.3, -0.25) is 14.6 Å². The molecule has 0 aliphatic carbocycles. The van der Waals surface area contributed by atoms with Crippen molar-refractivity contribution in [3.8, 4) is 0 Å².